The minimum absolute atomic E-state index is 0.138. The SMILES string of the molecule is O=C(Nc1cccc(N2CCNCC2)c1)c1cccnc1. The maximum absolute atomic E-state index is 12.1. The number of piperazine rings is 1. The van der Waals surface area contributed by atoms with E-state index in [-0.39, 0.29) is 5.91 Å². The largest absolute Gasteiger partial charge is 0.369 e. The highest BCUT2D eigenvalue weighted by Crippen LogP contribution is 2.20. The fourth-order valence-corrected chi connectivity index (χ4v) is 2.40. The standard InChI is InChI=1S/C16H18N4O/c21-16(13-3-2-6-18-12-13)19-14-4-1-5-15(11-14)20-9-7-17-8-10-20/h1-6,11-12,17H,7-10H2,(H,19,21). The first-order valence-corrected chi connectivity index (χ1v) is 7.10. The predicted molar refractivity (Wildman–Crippen MR) is 83.7 cm³/mol. The minimum Gasteiger partial charge on any atom is -0.369 e. The summed E-state index contributed by atoms with van der Waals surface area (Å²) in [6.07, 6.45) is 3.22. The Hall–Kier alpha value is -2.40. The van der Waals surface area contributed by atoms with Crippen LogP contribution in [0.15, 0.2) is 48.8 Å². The lowest BCUT2D eigenvalue weighted by molar-refractivity contribution is 0.102. The van der Waals surface area contributed by atoms with Gasteiger partial charge in [-0.3, -0.25) is 9.78 Å². The van der Waals surface area contributed by atoms with E-state index in [9.17, 15) is 4.79 Å². The van der Waals surface area contributed by atoms with Crippen LogP contribution in [-0.2, 0) is 0 Å². The molecule has 2 N–H and O–H groups in total. The number of carbonyl (C=O) groups excluding carboxylic acids is 1. The molecule has 108 valence electrons. The zero-order valence-corrected chi connectivity index (χ0v) is 11.7. The lowest BCUT2D eigenvalue weighted by Crippen LogP contribution is -2.43. The van der Waals surface area contributed by atoms with Gasteiger partial charge >= 0.3 is 0 Å². The highest BCUT2D eigenvalue weighted by molar-refractivity contribution is 6.04. The van der Waals surface area contributed by atoms with Crippen molar-refractivity contribution in [1.29, 1.82) is 0 Å². The average molecular weight is 282 g/mol. The van der Waals surface area contributed by atoms with Crippen LogP contribution < -0.4 is 15.5 Å². The molecule has 1 aliphatic heterocycles. The third kappa shape index (κ3) is 3.38. The third-order valence-corrected chi connectivity index (χ3v) is 3.51. The van der Waals surface area contributed by atoms with Gasteiger partial charge in [0.05, 0.1) is 5.56 Å². The van der Waals surface area contributed by atoms with Gasteiger partial charge in [-0.2, -0.15) is 0 Å². The van der Waals surface area contributed by atoms with Crippen LogP contribution in [0.4, 0.5) is 11.4 Å². The van der Waals surface area contributed by atoms with Gasteiger partial charge in [0.15, 0.2) is 0 Å². The van der Waals surface area contributed by atoms with E-state index < -0.39 is 0 Å². The van der Waals surface area contributed by atoms with Crippen LogP contribution in [0.5, 0.6) is 0 Å². The number of nitrogens with zero attached hydrogens (tertiary/aromatic N) is 2. The molecule has 1 saturated heterocycles. The molecule has 5 heteroatoms. The van der Waals surface area contributed by atoms with Gasteiger partial charge in [-0.15, -0.1) is 0 Å². The summed E-state index contributed by atoms with van der Waals surface area (Å²) in [5.74, 6) is -0.138. The fraction of sp³-hybridized carbons (Fsp3) is 0.250. The van der Waals surface area contributed by atoms with Gasteiger partial charge in [-0.1, -0.05) is 6.07 Å². The normalized spacial score (nSPS) is 14.8. The number of amides is 1. The van der Waals surface area contributed by atoms with E-state index in [0.29, 0.717) is 5.56 Å². The molecule has 0 unspecified atom stereocenters. The van der Waals surface area contributed by atoms with Gasteiger partial charge in [0.25, 0.3) is 5.91 Å². The zero-order chi connectivity index (χ0) is 14.5. The molecule has 0 bridgehead atoms. The molecule has 3 rings (SSSR count). The molecule has 1 amide bonds. The molecule has 2 aromatic rings. The Bertz CT molecular complexity index is 609. The van der Waals surface area contributed by atoms with Gasteiger partial charge in [0, 0.05) is 49.9 Å². The van der Waals surface area contributed by atoms with Crippen LogP contribution in [0.25, 0.3) is 0 Å². The molecule has 5 nitrogen and oxygen atoms in total. The lowest BCUT2D eigenvalue weighted by atomic mass is 10.2. The highest BCUT2D eigenvalue weighted by Gasteiger charge is 2.11. The van der Waals surface area contributed by atoms with Crippen LogP contribution in [0.1, 0.15) is 10.4 Å². The first kappa shape index (κ1) is 13.6. The van der Waals surface area contributed by atoms with Crippen molar-refractivity contribution in [3.05, 3.63) is 54.4 Å². The summed E-state index contributed by atoms with van der Waals surface area (Å²) in [5.41, 5.74) is 2.51. The number of pyridine rings is 1. The van der Waals surface area contributed by atoms with Crippen molar-refractivity contribution in [3.63, 3.8) is 0 Å². The van der Waals surface area contributed by atoms with Gasteiger partial charge < -0.3 is 15.5 Å². The second kappa shape index (κ2) is 6.37. The number of anilines is 2. The van der Waals surface area contributed by atoms with Gasteiger partial charge in [0.1, 0.15) is 0 Å². The Morgan fingerprint density at radius 3 is 2.81 bits per heavy atom. The molecule has 0 atom stereocenters. The van der Waals surface area contributed by atoms with Crippen LogP contribution in [-0.4, -0.2) is 37.1 Å². The number of hydrogen-bond donors (Lipinski definition) is 2. The van der Waals surface area contributed by atoms with Crippen LogP contribution in [0.2, 0.25) is 0 Å². The number of benzene rings is 1. The van der Waals surface area contributed by atoms with E-state index >= 15 is 0 Å². The summed E-state index contributed by atoms with van der Waals surface area (Å²) in [6.45, 7) is 3.96. The second-order valence-electron chi connectivity index (χ2n) is 4.98. The Morgan fingerprint density at radius 1 is 1.19 bits per heavy atom. The fourth-order valence-electron chi connectivity index (χ4n) is 2.40. The van der Waals surface area contributed by atoms with Crippen molar-refractivity contribution in [2.75, 3.05) is 36.4 Å². The summed E-state index contributed by atoms with van der Waals surface area (Å²) in [7, 11) is 0. The van der Waals surface area contributed by atoms with Crippen molar-refractivity contribution >= 4 is 17.3 Å². The van der Waals surface area contributed by atoms with E-state index in [1.165, 1.54) is 0 Å². The number of rotatable bonds is 3. The van der Waals surface area contributed by atoms with Crippen molar-refractivity contribution in [1.82, 2.24) is 10.3 Å². The molecule has 2 heterocycles. The molecule has 0 saturated carbocycles. The number of nitrogens with one attached hydrogen (secondary N) is 2. The summed E-state index contributed by atoms with van der Waals surface area (Å²) in [4.78, 5) is 18.4. The molecule has 21 heavy (non-hydrogen) atoms. The molecule has 0 spiro atoms. The maximum atomic E-state index is 12.1. The van der Waals surface area contributed by atoms with Gasteiger partial charge in [-0.25, -0.2) is 0 Å². The Morgan fingerprint density at radius 2 is 2.05 bits per heavy atom. The predicted octanol–water partition coefficient (Wildman–Crippen LogP) is 1.74. The lowest BCUT2D eigenvalue weighted by Gasteiger charge is -2.29. The van der Waals surface area contributed by atoms with E-state index in [1.54, 1.807) is 24.5 Å². The molecule has 1 aliphatic rings. The van der Waals surface area contributed by atoms with Crippen molar-refractivity contribution in [3.8, 4) is 0 Å². The van der Waals surface area contributed by atoms with Crippen LogP contribution >= 0.6 is 0 Å². The average Bonchev–Trinajstić information content (AvgIpc) is 2.57. The first-order valence-electron chi connectivity index (χ1n) is 7.10. The molecule has 1 aromatic heterocycles. The van der Waals surface area contributed by atoms with Crippen LogP contribution in [0.3, 0.4) is 0 Å². The summed E-state index contributed by atoms with van der Waals surface area (Å²) in [5, 5.41) is 6.25. The molecule has 1 fully saturated rings. The minimum atomic E-state index is -0.138. The first-order chi connectivity index (χ1) is 10.3. The topological polar surface area (TPSA) is 57.3 Å². The quantitative estimate of drug-likeness (QED) is 0.900. The Kier molecular flexibility index (Phi) is 4.12. The molecule has 1 aromatic carbocycles. The molecule has 0 aliphatic carbocycles. The van der Waals surface area contributed by atoms with E-state index in [2.05, 4.69) is 26.6 Å². The number of hydrogen-bond acceptors (Lipinski definition) is 4. The Balaban J connectivity index is 1.72. The Labute approximate surface area is 124 Å². The maximum Gasteiger partial charge on any atom is 0.257 e. The summed E-state index contributed by atoms with van der Waals surface area (Å²) >= 11 is 0. The molecular weight excluding hydrogens is 264 g/mol. The number of carbonyl (C=O) groups is 1. The van der Waals surface area contributed by atoms with E-state index in [4.69, 9.17) is 0 Å². The monoisotopic (exact) mass is 282 g/mol. The zero-order valence-electron chi connectivity index (χ0n) is 11.7. The van der Waals surface area contributed by atoms with E-state index in [0.717, 1.165) is 37.6 Å². The van der Waals surface area contributed by atoms with E-state index in [1.807, 2.05) is 18.2 Å². The van der Waals surface area contributed by atoms with Gasteiger partial charge in [-0.05, 0) is 30.3 Å². The third-order valence-electron chi connectivity index (χ3n) is 3.51. The van der Waals surface area contributed by atoms with Crippen molar-refractivity contribution in [2.24, 2.45) is 0 Å². The second-order valence-corrected chi connectivity index (χ2v) is 4.98. The highest BCUT2D eigenvalue weighted by atomic mass is 16.1. The van der Waals surface area contributed by atoms with Gasteiger partial charge in [0.2, 0.25) is 0 Å². The van der Waals surface area contributed by atoms with Crippen molar-refractivity contribution in [2.45, 2.75) is 0 Å². The molecule has 0 radical (unpaired) electrons. The summed E-state index contributed by atoms with van der Waals surface area (Å²) < 4.78 is 0. The molecular formula is C16H18N4O. The smallest absolute Gasteiger partial charge is 0.257 e. The van der Waals surface area contributed by atoms with Crippen LogP contribution in [0, 0.1) is 0 Å². The van der Waals surface area contributed by atoms with Crippen molar-refractivity contribution < 1.29 is 4.79 Å². The number of aromatic nitrogens is 1. The summed E-state index contributed by atoms with van der Waals surface area (Å²) in [6, 6.07) is 11.5.